The SMILES string of the molecule is Cc1cccc(C(=O)N(CCCl)C2CCCCC2)c1O. The molecule has 20 heavy (non-hydrogen) atoms. The number of aryl methyl sites for hydroxylation is 1. The number of rotatable bonds is 4. The average Bonchev–Trinajstić information content (AvgIpc) is 2.48. The fourth-order valence-electron chi connectivity index (χ4n) is 2.92. The van der Waals surface area contributed by atoms with Gasteiger partial charge in [0, 0.05) is 18.5 Å². The second-order valence-electron chi connectivity index (χ2n) is 5.45. The molecule has 0 aliphatic heterocycles. The zero-order chi connectivity index (χ0) is 14.5. The fourth-order valence-corrected chi connectivity index (χ4v) is 3.10. The average molecular weight is 296 g/mol. The maximum absolute atomic E-state index is 12.7. The molecule has 0 atom stereocenters. The van der Waals surface area contributed by atoms with Crippen LogP contribution in [0.25, 0.3) is 0 Å². The number of para-hydroxylation sites is 1. The van der Waals surface area contributed by atoms with Crippen LogP contribution in [0.1, 0.15) is 48.0 Å². The number of alkyl halides is 1. The Labute approximate surface area is 125 Å². The molecule has 2 rings (SSSR count). The van der Waals surface area contributed by atoms with E-state index in [0.29, 0.717) is 18.0 Å². The number of hydrogen-bond donors (Lipinski definition) is 1. The summed E-state index contributed by atoms with van der Waals surface area (Å²) in [6.45, 7) is 2.34. The molecule has 0 saturated heterocycles. The van der Waals surface area contributed by atoms with Gasteiger partial charge in [-0.2, -0.15) is 0 Å². The lowest BCUT2D eigenvalue weighted by Crippen LogP contribution is -2.42. The van der Waals surface area contributed by atoms with Gasteiger partial charge in [0.1, 0.15) is 5.75 Å². The van der Waals surface area contributed by atoms with Crippen LogP contribution in [0.4, 0.5) is 0 Å². The van der Waals surface area contributed by atoms with E-state index in [-0.39, 0.29) is 17.7 Å². The number of aromatic hydroxyl groups is 1. The van der Waals surface area contributed by atoms with Gasteiger partial charge in [-0.3, -0.25) is 4.79 Å². The van der Waals surface area contributed by atoms with Crippen molar-refractivity contribution in [3.63, 3.8) is 0 Å². The molecule has 3 nitrogen and oxygen atoms in total. The number of phenolic OH excluding ortho intramolecular Hbond substituents is 1. The summed E-state index contributed by atoms with van der Waals surface area (Å²) in [6, 6.07) is 5.56. The second-order valence-corrected chi connectivity index (χ2v) is 5.83. The Morgan fingerprint density at radius 3 is 2.70 bits per heavy atom. The fraction of sp³-hybridized carbons (Fsp3) is 0.562. The van der Waals surface area contributed by atoms with Gasteiger partial charge < -0.3 is 10.0 Å². The Balaban J connectivity index is 2.23. The lowest BCUT2D eigenvalue weighted by Gasteiger charge is -2.34. The zero-order valence-corrected chi connectivity index (χ0v) is 12.7. The summed E-state index contributed by atoms with van der Waals surface area (Å²) in [4.78, 5) is 14.6. The van der Waals surface area contributed by atoms with E-state index in [4.69, 9.17) is 11.6 Å². The highest BCUT2D eigenvalue weighted by Gasteiger charge is 2.27. The van der Waals surface area contributed by atoms with Gasteiger partial charge in [0.05, 0.1) is 5.56 Å². The molecular weight excluding hydrogens is 274 g/mol. The number of benzene rings is 1. The first-order valence-electron chi connectivity index (χ1n) is 7.30. The van der Waals surface area contributed by atoms with E-state index < -0.39 is 0 Å². The number of carbonyl (C=O) groups is 1. The number of phenols is 1. The van der Waals surface area contributed by atoms with E-state index in [9.17, 15) is 9.90 Å². The maximum atomic E-state index is 12.7. The van der Waals surface area contributed by atoms with Crippen LogP contribution in [0, 0.1) is 6.92 Å². The predicted octanol–water partition coefficient (Wildman–Crippen LogP) is 3.71. The van der Waals surface area contributed by atoms with E-state index in [0.717, 1.165) is 31.2 Å². The summed E-state index contributed by atoms with van der Waals surface area (Å²) < 4.78 is 0. The molecule has 0 heterocycles. The van der Waals surface area contributed by atoms with Crippen molar-refractivity contribution < 1.29 is 9.90 Å². The third kappa shape index (κ3) is 3.26. The van der Waals surface area contributed by atoms with Crippen LogP contribution in [0.5, 0.6) is 5.75 Å². The van der Waals surface area contributed by atoms with E-state index in [2.05, 4.69) is 0 Å². The molecule has 1 aromatic carbocycles. The number of amides is 1. The highest BCUT2D eigenvalue weighted by atomic mass is 35.5. The van der Waals surface area contributed by atoms with E-state index in [1.807, 2.05) is 11.0 Å². The molecule has 1 aliphatic carbocycles. The summed E-state index contributed by atoms with van der Waals surface area (Å²) >= 11 is 5.86. The van der Waals surface area contributed by atoms with Gasteiger partial charge in [0.2, 0.25) is 0 Å². The molecule has 0 aromatic heterocycles. The minimum atomic E-state index is -0.0984. The monoisotopic (exact) mass is 295 g/mol. The van der Waals surface area contributed by atoms with Crippen molar-refractivity contribution in [3.05, 3.63) is 29.3 Å². The Kier molecular flexibility index (Phi) is 5.30. The first-order valence-corrected chi connectivity index (χ1v) is 7.84. The summed E-state index contributed by atoms with van der Waals surface area (Å²) in [7, 11) is 0. The van der Waals surface area contributed by atoms with Crippen molar-refractivity contribution >= 4 is 17.5 Å². The molecule has 1 aromatic rings. The van der Waals surface area contributed by atoms with Crippen LogP contribution in [-0.2, 0) is 0 Å². The molecule has 1 saturated carbocycles. The van der Waals surface area contributed by atoms with E-state index in [1.54, 1.807) is 19.1 Å². The molecule has 0 unspecified atom stereocenters. The van der Waals surface area contributed by atoms with Crippen LogP contribution in [0.15, 0.2) is 18.2 Å². The summed E-state index contributed by atoms with van der Waals surface area (Å²) in [5, 5.41) is 10.1. The highest BCUT2D eigenvalue weighted by Crippen LogP contribution is 2.27. The lowest BCUT2D eigenvalue weighted by atomic mass is 9.93. The quantitative estimate of drug-likeness (QED) is 0.860. The van der Waals surface area contributed by atoms with Gasteiger partial charge in [0.15, 0.2) is 0 Å². The molecule has 1 N–H and O–H groups in total. The van der Waals surface area contributed by atoms with Gasteiger partial charge in [-0.1, -0.05) is 31.4 Å². The van der Waals surface area contributed by atoms with Gasteiger partial charge in [-0.25, -0.2) is 0 Å². The van der Waals surface area contributed by atoms with E-state index >= 15 is 0 Å². The van der Waals surface area contributed by atoms with Crippen LogP contribution in [0.2, 0.25) is 0 Å². The largest absolute Gasteiger partial charge is 0.507 e. The molecule has 4 heteroatoms. The maximum Gasteiger partial charge on any atom is 0.257 e. The molecule has 1 aliphatic rings. The number of carbonyl (C=O) groups excluding carboxylic acids is 1. The number of hydrogen-bond acceptors (Lipinski definition) is 2. The molecule has 110 valence electrons. The number of nitrogens with zero attached hydrogens (tertiary/aromatic N) is 1. The first kappa shape index (κ1) is 15.2. The van der Waals surface area contributed by atoms with Gasteiger partial charge in [-0.15, -0.1) is 11.6 Å². The third-order valence-corrected chi connectivity index (χ3v) is 4.24. The Bertz CT molecular complexity index is 470. The normalized spacial score (nSPS) is 16.1. The number of halogens is 1. The minimum absolute atomic E-state index is 0.0906. The molecule has 0 radical (unpaired) electrons. The Morgan fingerprint density at radius 1 is 1.35 bits per heavy atom. The molecule has 1 fully saturated rings. The second kappa shape index (κ2) is 6.98. The zero-order valence-electron chi connectivity index (χ0n) is 11.9. The smallest absolute Gasteiger partial charge is 0.257 e. The molecule has 0 spiro atoms. The molecular formula is C16H22ClNO2. The van der Waals surface area contributed by atoms with Crippen LogP contribution in [0.3, 0.4) is 0 Å². The standard InChI is InChI=1S/C16H22ClNO2/c1-12-6-5-9-14(15(12)19)16(20)18(11-10-17)13-7-3-2-4-8-13/h5-6,9,13,19H,2-4,7-8,10-11H2,1H3. The molecule has 0 bridgehead atoms. The predicted molar refractivity (Wildman–Crippen MR) is 81.5 cm³/mol. The van der Waals surface area contributed by atoms with Crippen LogP contribution in [-0.4, -0.2) is 34.4 Å². The first-order chi connectivity index (χ1) is 9.65. The Hall–Kier alpha value is -1.22. The van der Waals surface area contributed by atoms with Gasteiger partial charge in [-0.05, 0) is 31.4 Å². The van der Waals surface area contributed by atoms with Crippen molar-refractivity contribution in [2.45, 2.75) is 45.1 Å². The lowest BCUT2D eigenvalue weighted by molar-refractivity contribution is 0.0646. The van der Waals surface area contributed by atoms with Crippen molar-refractivity contribution in [2.75, 3.05) is 12.4 Å². The Morgan fingerprint density at radius 2 is 2.05 bits per heavy atom. The van der Waals surface area contributed by atoms with Crippen molar-refractivity contribution in [2.24, 2.45) is 0 Å². The summed E-state index contributed by atoms with van der Waals surface area (Å²) in [5.74, 6) is 0.418. The van der Waals surface area contributed by atoms with Gasteiger partial charge >= 0.3 is 0 Å². The highest BCUT2D eigenvalue weighted by molar-refractivity contribution is 6.18. The topological polar surface area (TPSA) is 40.5 Å². The van der Waals surface area contributed by atoms with Crippen LogP contribution < -0.4 is 0 Å². The minimum Gasteiger partial charge on any atom is -0.507 e. The third-order valence-electron chi connectivity index (χ3n) is 4.07. The van der Waals surface area contributed by atoms with Gasteiger partial charge in [0.25, 0.3) is 5.91 Å². The molecule has 1 amide bonds. The van der Waals surface area contributed by atoms with Crippen molar-refractivity contribution in [3.8, 4) is 5.75 Å². The van der Waals surface area contributed by atoms with E-state index in [1.165, 1.54) is 6.42 Å². The summed E-state index contributed by atoms with van der Waals surface area (Å²) in [5.41, 5.74) is 1.12. The van der Waals surface area contributed by atoms with Crippen molar-refractivity contribution in [1.29, 1.82) is 0 Å². The summed E-state index contributed by atoms with van der Waals surface area (Å²) in [6.07, 6.45) is 5.65. The van der Waals surface area contributed by atoms with Crippen LogP contribution >= 0.6 is 11.6 Å². The van der Waals surface area contributed by atoms with Crippen molar-refractivity contribution in [1.82, 2.24) is 4.90 Å².